The molecule has 1 heteroatoms. The maximum Gasteiger partial charge on any atom is 0.152 e. The van der Waals surface area contributed by atoms with Crippen molar-refractivity contribution in [2.24, 2.45) is 5.92 Å². The first kappa shape index (κ1) is 7.33. The standard InChI is InChI=1S/C10H18N/c1-9-5-6-10-4-2-3-7-11(10)8-9/h9H,2-8H2,1H3/q+1. The van der Waals surface area contributed by atoms with Gasteiger partial charge in [-0.3, -0.25) is 0 Å². The molecule has 62 valence electrons. The Morgan fingerprint density at radius 2 is 2.18 bits per heavy atom. The Kier molecular flexibility index (Phi) is 1.97. The van der Waals surface area contributed by atoms with Gasteiger partial charge in [0.15, 0.2) is 5.71 Å². The van der Waals surface area contributed by atoms with E-state index >= 15 is 0 Å². The van der Waals surface area contributed by atoms with E-state index in [0.29, 0.717) is 0 Å². The molecule has 11 heavy (non-hydrogen) atoms. The van der Waals surface area contributed by atoms with Crippen LogP contribution in [0.2, 0.25) is 0 Å². The molecule has 0 saturated heterocycles. The van der Waals surface area contributed by atoms with Crippen LogP contribution in [-0.4, -0.2) is 23.4 Å². The molecule has 0 radical (unpaired) electrons. The van der Waals surface area contributed by atoms with E-state index in [1.165, 1.54) is 45.2 Å². The third-order valence-corrected chi connectivity index (χ3v) is 3.05. The zero-order valence-corrected chi connectivity index (χ0v) is 7.47. The Morgan fingerprint density at radius 1 is 1.27 bits per heavy atom. The van der Waals surface area contributed by atoms with Gasteiger partial charge in [-0.1, -0.05) is 6.92 Å². The Bertz CT molecular complexity index is 181. The maximum absolute atomic E-state index is 2.64. The molecule has 0 amide bonds. The first-order chi connectivity index (χ1) is 5.36. The van der Waals surface area contributed by atoms with E-state index in [0.717, 1.165) is 5.92 Å². The first-order valence-electron chi connectivity index (χ1n) is 4.96. The molecule has 0 bridgehead atoms. The summed E-state index contributed by atoms with van der Waals surface area (Å²) in [6, 6.07) is 0. The number of hydrogen-bond donors (Lipinski definition) is 0. The predicted octanol–water partition coefficient (Wildman–Crippen LogP) is 2.05. The molecule has 0 aromatic heterocycles. The summed E-state index contributed by atoms with van der Waals surface area (Å²) in [5, 5.41) is 0. The second-order valence-corrected chi connectivity index (χ2v) is 4.11. The van der Waals surface area contributed by atoms with Crippen LogP contribution >= 0.6 is 0 Å². The largest absolute Gasteiger partial charge is 0.237 e. The molecular formula is C10H18N+. The van der Waals surface area contributed by atoms with Crippen molar-refractivity contribution in [2.75, 3.05) is 13.1 Å². The summed E-state index contributed by atoms with van der Waals surface area (Å²) < 4.78 is 2.64. The summed E-state index contributed by atoms with van der Waals surface area (Å²) in [5.74, 6) is 0.942. The molecule has 0 aromatic carbocycles. The van der Waals surface area contributed by atoms with E-state index < -0.39 is 0 Å². The van der Waals surface area contributed by atoms with Crippen LogP contribution in [-0.2, 0) is 0 Å². The Labute approximate surface area is 69.1 Å². The van der Waals surface area contributed by atoms with E-state index in [2.05, 4.69) is 11.5 Å². The molecule has 0 aromatic rings. The van der Waals surface area contributed by atoms with Gasteiger partial charge in [0, 0.05) is 25.2 Å². The minimum absolute atomic E-state index is 0.942. The van der Waals surface area contributed by atoms with Crippen molar-refractivity contribution in [3.8, 4) is 0 Å². The Balaban J connectivity index is 2.12. The van der Waals surface area contributed by atoms with Gasteiger partial charge in [-0.15, -0.1) is 0 Å². The van der Waals surface area contributed by atoms with Crippen LogP contribution in [0.1, 0.15) is 39.0 Å². The fourth-order valence-electron chi connectivity index (χ4n) is 2.33. The SMILES string of the molecule is CC1CCC2=[N+](CCCC2)C1. The maximum atomic E-state index is 2.64. The molecule has 0 N–H and O–H groups in total. The van der Waals surface area contributed by atoms with Crippen LogP contribution < -0.4 is 0 Å². The topological polar surface area (TPSA) is 3.01 Å². The van der Waals surface area contributed by atoms with E-state index in [1.54, 1.807) is 5.71 Å². The van der Waals surface area contributed by atoms with Crippen molar-refractivity contribution in [1.29, 1.82) is 0 Å². The fraction of sp³-hybridized carbons (Fsp3) is 0.900. The summed E-state index contributed by atoms with van der Waals surface area (Å²) in [4.78, 5) is 0. The van der Waals surface area contributed by atoms with Crippen LogP contribution in [0.3, 0.4) is 0 Å². The average Bonchev–Trinajstić information content (AvgIpc) is 2.04. The summed E-state index contributed by atoms with van der Waals surface area (Å²) in [6.45, 7) is 5.07. The highest BCUT2D eigenvalue weighted by molar-refractivity contribution is 5.80. The number of rotatable bonds is 0. The Morgan fingerprint density at radius 3 is 3.09 bits per heavy atom. The van der Waals surface area contributed by atoms with Crippen LogP contribution in [0.25, 0.3) is 0 Å². The van der Waals surface area contributed by atoms with Crippen molar-refractivity contribution in [2.45, 2.75) is 39.0 Å². The molecule has 0 saturated carbocycles. The van der Waals surface area contributed by atoms with Crippen molar-refractivity contribution >= 4 is 5.71 Å². The second kappa shape index (κ2) is 2.96. The van der Waals surface area contributed by atoms with E-state index in [1.807, 2.05) is 0 Å². The average molecular weight is 152 g/mol. The normalized spacial score (nSPS) is 31.9. The lowest BCUT2D eigenvalue weighted by molar-refractivity contribution is -0.545. The smallest absolute Gasteiger partial charge is 0.152 e. The highest BCUT2D eigenvalue weighted by Gasteiger charge is 2.26. The molecular weight excluding hydrogens is 134 g/mol. The lowest BCUT2D eigenvalue weighted by Gasteiger charge is -2.22. The third kappa shape index (κ3) is 1.47. The molecule has 2 aliphatic rings. The van der Waals surface area contributed by atoms with Crippen LogP contribution in [0.15, 0.2) is 0 Å². The summed E-state index contributed by atoms with van der Waals surface area (Å²) in [7, 11) is 0. The van der Waals surface area contributed by atoms with Crippen molar-refractivity contribution in [3.05, 3.63) is 0 Å². The molecule has 1 nitrogen and oxygen atoms in total. The van der Waals surface area contributed by atoms with Gasteiger partial charge in [-0.25, -0.2) is 4.58 Å². The molecule has 2 rings (SSSR count). The zero-order valence-electron chi connectivity index (χ0n) is 7.47. The summed E-state index contributed by atoms with van der Waals surface area (Å²) in [6.07, 6.45) is 7.09. The van der Waals surface area contributed by atoms with Crippen LogP contribution in [0.4, 0.5) is 0 Å². The number of hydrogen-bond acceptors (Lipinski definition) is 0. The molecule has 2 aliphatic heterocycles. The van der Waals surface area contributed by atoms with Crippen molar-refractivity contribution in [1.82, 2.24) is 0 Å². The predicted molar refractivity (Wildman–Crippen MR) is 47.3 cm³/mol. The monoisotopic (exact) mass is 152 g/mol. The van der Waals surface area contributed by atoms with E-state index in [4.69, 9.17) is 0 Å². The summed E-state index contributed by atoms with van der Waals surface area (Å²) in [5.41, 5.74) is 1.76. The zero-order chi connectivity index (χ0) is 7.68. The molecule has 0 aliphatic carbocycles. The van der Waals surface area contributed by atoms with E-state index in [9.17, 15) is 0 Å². The molecule has 1 atom stereocenters. The molecule has 1 unspecified atom stereocenters. The lowest BCUT2D eigenvalue weighted by atomic mass is 9.93. The van der Waals surface area contributed by atoms with Gasteiger partial charge in [0.2, 0.25) is 0 Å². The van der Waals surface area contributed by atoms with Gasteiger partial charge in [0.1, 0.15) is 13.1 Å². The molecule has 0 fully saturated rings. The minimum atomic E-state index is 0.942. The van der Waals surface area contributed by atoms with E-state index in [-0.39, 0.29) is 0 Å². The van der Waals surface area contributed by atoms with Crippen LogP contribution in [0.5, 0.6) is 0 Å². The van der Waals surface area contributed by atoms with Crippen molar-refractivity contribution < 1.29 is 4.58 Å². The van der Waals surface area contributed by atoms with Gasteiger partial charge in [0.05, 0.1) is 0 Å². The highest BCUT2D eigenvalue weighted by atomic mass is 15.0. The first-order valence-corrected chi connectivity index (χ1v) is 4.96. The Hall–Kier alpha value is -0.330. The fourth-order valence-corrected chi connectivity index (χ4v) is 2.33. The van der Waals surface area contributed by atoms with Gasteiger partial charge in [0.25, 0.3) is 0 Å². The van der Waals surface area contributed by atoms with Gasteiger partial charge in [-0.2, -0.15) is 0 Å². The minimum Gasteiger partial charge on any atom is -0.237 e. The van der Waals surface area contributed by atoms with Gasteiger partial charge in [-0.05, 0) is 12.8 Å². The highest BCUT2D eigenvalue weighted by Crippen LogP contribution is 2.19. The molecule has 2 heterocycles. The second-order valence-electron chi connectivity index (χ2n) is 4.11. The van der Waals surface area contributed by atoms with Crippen LogP contribution in [0, 0.1) is 5.92 Å². The number of nitrogens with zero attached hydrogens (tertiary/aromatic N) is 1. The summed E-state index contributed by atoms with van der Waals surface area (Å²) >= 11 is 0. The third-order valence-electron chi connectivity index (χ3n) is 3.05. The molecule has 0 spiro atoms. The lowest BCUT2D eigenvalue weighted by Crippen LogP contribution is -2.34. The van der Waals surface area contributed by atoms with Gasteiger partial charge >= 0.3 is 0 Å². The van der Waals surface area contributed by atoms with Crippen molar-refractivity contribution in [3.63, 3.8) is 0 Å². The van der Waals surface area contributed by atoms with Gasteiger partial charge < -0.3 is 0 Å². The quantitative estimate of drug-likeness (QED) is 0.467.